The molecule has 2 aromatic heterocycles. The van der Waals surface area contributed by atoms with Crippen LogP contribution in [0.5, 0.6) is 0 Å². The smallest absolute Gasteiger partial charge is 0.388 e. The minimum atomic E-state index is -4.27. The molecule has 1 aliphatic rings. The Hall–Kier alpha value is -1.90. The van der Waals surface area contributed by atoms with Crippen molar-refractivity contribution in [1.82, 2.24) is 19.6 Å². The summed E-state index contributed by atoms with van der Waals surface area (Å²) in [5, 5.41) is 17.8. The van der Waals surface area contributed by atoms with Crippen LogP contribution in [-0.4, -0.2) is 43.0 Å². The number of nitrogens with one attached hydrogen (secondary N) is 1. The molecular weight excluding hydrogens is 323 g/mol. The predicted molar refractivity (Wildman–Crippen MR) is 81.7 cm³/mol. The number of hydrogen-bond acceptors (Lipinski definition) is 5. The average Bonchev–Trinajstić information content (AvgIpc) is 2.94. The molecule has 0 aromatic carbocycles. The molecule has 0 amide bonds. The summed E-state index contributed by atoms with van der Waals surface area (Å²) in [5.74, 6) is -0.452. The van der Waals surface area contributed by atoms with Gasteiger partial charge in [-0.3, -0.25) is 0 Å². The van der Waals surface area contributed by atoms with Crippen LogP contribution >= 0.6 is 0 Å². The molecule has 9 heteroatoms. The molecule has 6 nitrogen and oxygen atoms in total. The first-order chi connectivity index (χ1) is 11.2. The van der Waals surface area contributed by atoms with Crippen molar-refractivity contribution in [3.8, 4) is 0 Å². The highest BCUT2D eigenvalue weighted by molar-refractivity contribution is 5.52. The van der Waals surface area contributed by atoms with E-state index in [1.54, 1.807) is 0 Å². The summed E-state index contributed by atoms with van der Waals surface area (Å²) in [5.41, 5.74) is 0.177. The van der Waals surface area contributed by atoms with Crippen LogP contribution < -0.4 is 5.32 Å². The van der Waals surface area contributed by atoms with Gasteiger partial charge in [-0.1, -0.05) is 0 Å². The lowest BCUT2D eigenvalue weighted by atomic mass is 9.77. The first-order valence-electron chi connectivity index (χ1n) is 7.89. The molecule has 0 spiro atoms. The van der Waals surface area contributed by atoms with Crippen molar-refractivity contribution in [3.05, 3.63) is 17.6 Å². The number of halogens is 3. The molecular formula is C15H20F3N5O. The van der Waals surface area contributed by atoms with Crippen LogP contribution in [0, 0.1) is 19.8 Å². The molecule has 0 radical (unpaired) electrons. The molecule has 2 aromatic rings. The number of hydrogen-bond donors (Lipinski definition) is 2. The zero-order valence-electron chi connectivity index (χ0n) is 13.6. The SMILES string of the molecule is Cc1nc2ncnn2c(NCC2(O)CCCC(C(F)(F)F)C2)c1C. The number of rotatable bonds is 3. The van der Waals surface area contributed by atoms with E-state index in [9.17, 15) is 18.3 Å². The van der Waals surface area contributed by atoms with Gasteiger partial charge in [-0.2, -0.15) is 27.8 Å². The summed E-state index contributed by atoms with van der Waals surface area (Å²) in [6.07, 6.45) is -2.41. The fourth-order valence-corrected chi connectivity index (χ4v) is 3.27. The minimum Gasteiger partial charge on any atom is -0.388 e. The monoisotopic (exact) mass is 343 g/mol. The van der Waals surface area contributed by atoms with Crippen molar-refractivity contribution in [1.29, 1.82) is 0 Å². The number of aromatic nitrogens is 4. The van der Waals surface area contributed by atoms with E-state index in [-0.39, 0.29) is 19.4 Å². The van der Waals surface area contributed by atoms with Crippen molar-refractivity contribution in [2.75, 3.05) is 11.9 Å². The quantitative estimate of drug-likeness (QED) is 0.896. The highest BCUT2D eigenvalue weighted by Crippen LogP contribution is 2.41. The number of alkyl halides is 3. The van der Waals surface area contributed by atoms with Crippen LogP contribution in [0.1, 0.15) is 36.9 Å². The predicted octanol–water partition coefficient (Wildman–Crippen LogP) is 2.64. The van der Waals surface area contributed by atoms with E-state index in [1.807, 2.05) is 13.8 Å². The minimum absolute atomic E-state index is 0.0266. The Kier molecular flexibility index (Phi) is 4.15. The normalized spacial score (nSPS) is 25.2. The summed E-state index contributed by atoms with van der Waals surface area (Å²) in [4.78, 5) is 8.32. The molecule has 2 heterocycles. The van der Waals surface area contributed by atoms with E-state index in [0.29, 0.717) is 24.4 Å². The Morgan fingerprint density at radius 3 is 2.88 bits per heavy atom. The van der Waals surface area contributed by atoms with Crippen LogP contribution in [0.2, 0.25) is 0 Å². The first kappa shape index (κ1) is 16.9. The summed E-state index contributed by atoms with van der Waals surface area (Å²) in [6, 6.07) is 0. The number of aryl methyl sites for hydroxylation is 1. The average molecular weight is 343 g/mol. The third kappa shape index (κ3) is 3.17. The summed E-state index contributed by atoms with van der Waals surface area (Å²) < 4.78 is 40.4. The molecule has 1 fully saturated rings. The number of fused-ring (bicyclic) bond motifs is 1. The van der Waals surface area contributed by atoms with Crippen molar-refractivity contribution in [2.24, 2.45) is 5.92 Å². The Labute approximate surface area is 137 Å². The van der Waals surface area contributed by atoms with Crippen LogP contribution in [-0.2, 0) is 0 Å². The summed E-state index contributed by atoms with van der Waals surface area (Å²) in [7, 11) is 0. The van der Waals surface area contributed by atoms with Crippen molar-refractivity contribution in [2.45, 2.75) is 51.3 Å². The van der Waals surface area contributed by atoms with Gasteiger partial charge >= 0.3 is 6.18 Å². The molecule has 0 bridgehead atoms. The second-order valence-electron chi connectivity index (χ2n) is 6.56. The fraction of sp³-hybridized carbons (Fsp3) is 0.667. The van der Waals surface area contributed by atoms with Gasteiger partial charge in [0.05, 0.1) is 11.5 Å². The van der Waals surface area contributed by atoms with Crippen LogP contribution in [0.25, 0.3) is 5.78 Å². The third-order valence-electron chi connectivity index (χ3n) is 4.78. The molecule has 1 saturated carbocycles. The van der Waals surface area contributed by atoms with Crippen molar-refractivity contribution >= 4 is 11.6 Å². The van der Waals surface area contributed by atoms with Crippen molar-refractivity contribution < 1.29 is 18.3 Å². The van der Waals surface area contributed by atoms with Gasteiger partial charge in [0.15, 0.2) is 0 Å². The van der Waals surface area contributed by atoms with Crippen LogP contribution in [0.3, 0.4) is 0 Å². The topological polar surface area (TPSA) is 75.3 Å². The standard InChI is InChI=1S/C15H20F3N5O/c1-9-10(2)22-13-20-8-21-23(13)12(9)19-7-14(24)5-3-4-11(6-14)15(16,17)18/h8,11,19,24H,3-7H2,1-2H3. The maximum absolute atomic E-state index is 13.0. The first-order valence-corrected chi connectivity index (χ1v) is 7.89. The van der Waals surface area contributed by atoms with Gasteiger partial charge in [-0.15, -0.1) is 0 Å². The highest BCUT2D eigenvalue weighted by atomic mass is 19.4. The lowest BCUT2D eigenvalue weighted by molar-refractivity contribution is -0.199. The Balaban J connectivity index is 1.80. The molecule has 132 valence electrons. The second-order valence-corrected chi connectivity index (χ2v) is 6.56. The molecule has 1 aliphatic carbocycles. The number of nitrogens with zero attached hydrogens (tertiary/aromatic N) is 4. The van der Waals surface area contributed by atoms with E-state index < -0.39 is 17.7 Å². The molecule has 24 heavy (non-hydrogen) atoms. The van der Waals surface area contributed by atoms with Crippen molar-refractivity contribution in [3.63, 3.8) is 0 Å². The zero-order valence-corrected chi connectivity index (χ0v) is 13.6. The Morgan fingerprint density at radius 2 is 2.17 bits per heavy atom. The Morgan fingerprint density at radius 1 is 1.42 bits per heavy atom. The van der Waals surface area contributed by atoms with Gasteiger partial charge < -0.3 is 10.4 Å². The third-order valence-corrected chi connectivity index (χ3v) is 4.78. The fourth-order valence-electron chi connectivity index (χ4n) is 3.27. The van der Waals surface area contributed by atoms with E-state index in [0.717, 1.165) is 11.3 Å². The molecule has 0 aliphatic heterocycles. The van der Waals surface area contributed by atoms with Gasteiger partial charge in [0.25, 0.3) is 5.78 Å². The Bertz CT molecular complexity index is 745. The van der Waals surface area contributed by atoms with Gasteiger partial charge in [0.2, 0.25) is 0 Å². The molecule has 2 atom stereocenters. The maximum Gasteiger partial charge on any atom is 0.391 e. The van der Waals surface area contributed by atoms with Gasteiger partial charge in [0.1, 0.15) is 12.1 Å². The lowest BCUT2D eigenvalue weighted by Crippen LogP contribution is -2.45. The molecule has 2 unspecified atom stereocenters. The van der Waals surface area contributed by atoms with Crippen LogP contribution in [0.4, 0.5) is 19.0 Å². The second kappa shape index (κ2) is 5.87. The lowest BCUT2D eigenvalue weighted by Gasteiger charge is -2.38. The van der Waals surface area contributed by atoms with E-state index in [1.165, 1.54) is 10.8 Å². The van der Waals surface area contributed by atoms with Gasteiger partial charge in [-0.05, 0) is 39.5 Å². The molecule has 2 N–H and O–H groups in total. The van der Waals surface area contributed by atoms with E-state index >= 15 is 0 Å². The maximum atomic E-state index is 13.0. The number of anilines is 1. The summed E-state index contributed by atoms with van der Waals surface area (Å²) in [6.45, 7) is 3.69. The van der Waals surface area contributed by atoms with E-state index in [4.69, 9.17) is 0 Å². The largest absolute Gasteiger partial charge is 0.391 e. The highest BCUT2D eigenvalue weighted by Gasteiger charge is 2.46. The molecule has 0 saturated heterocycles. The van der Waals surface area contributed by atoms with E-state index in [2.05, 4.69) is 20.4 Å². The summed E-state index contributed by atoms with van der Waals surface area (Å²) >= 11 is 0. The number of aliphatic hydroxyl groups is 1. The zero-order chi connectivity index (χ0) is 17.5. The van der Waals surface area contributed by atoms with Gasteiger partial charge in [-0.25, -0.2) is 4.98 Å². The van der Waals surface area contributed by atoms with Gasteiger partial charge in [0, 0.05) is 17.8 Å². The molecule has 3 rings (SSSR count). The van der Waals surface area contributed by atoms with Crippen LogP contribution in [0.15, 0.2) is 6.33 Å².